The number of rotatable bonds is 3. The van der Waals surface area contributed by atoms with Gasteiger partial charge in [0.25, 0.3) is 0 Å². The topological polar surface area (TPSA) is 38.9 Å². The van der Waals surface area contributed by atoms with Crippen LogP contribution in [0.25, 0.3) is 0 Å². The van der Waals surface area contributed by atoms with Crippen LogP contribution in [0.5, 0.6) is 0 Å². The molecule has 2 N–H and O–H groups in total. The van der Waals surface area contributed by atoms with Gasteiger partial charge in [0.05, 0.1) is 0 Å². The zero-order chi connectivity index (χ0) is 11.9. The van der Waals surface area contributed by atoms with Crippen molar-refractivity contribution in [1.82, 2.24) is 4.98 Å². The molecular weight excluding hydrogens is 237 g/mol. The number of hydrogen-bond acceptors (Lipinski definition) is 3. The minimum atomic E-state index is -4.36. The molecule has 1 aliphatic carbocycles. The molecule has 2 rings (SSSR count). The second-order valence-electron chi connectivity index (χ2n) is 4.29. The van der Waals surface area contributed by atoms with Crippen LogP contribution in [0.1, 0.15) is 35.7 Å². The van der Waals surface area contributed by atoms with Crippen molar-refractivity contribution in [2.45, 2.75) is 32.0 Å². The fourth-order valence-electron chi connectivity index (χ4n) is 1.75. The molecule has 0 amide bonds. The molecule has 0 bridgehead atoms. The molecule has 2 nitrogen and oxygen atoms in total. The monoisotopic (exact) mass is 250 g/mol. The first-order valence-corrected chi connectivity index (χ1v) is 5.99. The molecule has 16 heavy (non-hydrogen) atoms. The highest BCUT2D eigenvalue weighted by atomic mass is 32.1. The largest absolute Gasteiger partial charge is 0.443 e. The lowest BCUT2D eigenvalue weighted by atomic mass is 9.97. The Morgan fingerprint density at radius 3 is 2.56 bits per heavy atom. The molecule has 1 aliphatic rings. The van der Waals surface area contributed by atoms with Gasteiger partial charge in [-0.15, -0.1) is 11.3 Å². The Kier molecular flexibility index (Phi) is 2.96. The van der Waals surface area contributed by atoms with Crippen LogP contribution in [0.15, 0.2) is 6.20 Å². The number of nitrogens with zero attached hydrogens (tertiary/aromatic N) is 1. The van der Waals surface area contributed by atoms with E-state index in [1.807, 2.05) is 6.92 Å². The maximum atomic E-state index is 12.3. The van der Waals surface area contributed by atoms with E-state index >= 15 is 0 Å². The number of aromatic nitrogens is 1. The van der Waals surface area contributed by atoms with Gasteiger partial charge in [0.1, 0.15) is 0 Å². The van der Waals surface area contributed by atoms with Gasteiger partial charge in [-0.05, 0) is 24.7 Å². The lowest BCUT2D eigenvalue weighted by molar-refractivity contribution is -0.137. The molecule has 2 unspecified atom stereocenters. The Morgan fingerprint density at radius 2 is 2.12 bits per heavy atom. The van der Waals surface area contributed by atoms with Crippen LogP contribution in [-0.2, 0) is 6.18 Å². The molecule has 0 saturated heterocycles. The number of thiazole rings is 1. The number of nitrogens with two attached hydrogens (primary N) is 1. The predicted molar refractivity (Wildman–Crippen MR) is 55.9 cm³/mol. The molecule has 1 saturated carbocycles. The van der Waals surface area contributed by atoms with E-state index in [-0.39, 0.29) is 12.0 Å². The average Bonchev–Trinajstić information content (AvgIpc) is 2.91. The molecule has 1 heterocycles. The molecular formula is C10H13F3N2S. The van der Waals surface area contributed by atoms with Crippen molar-refractivity contribution < 1.29 is 13.2 Å². The highest BCUT2D eigenvalue weighted by molar-refractivity contribution is 7.11. The maximum absolute atomic E-state index is 12.3. The van der Waals surface area contributed by atoms with Gasteiger partial charge < -0.3 is 5.73 Å². The highest BCUT2D eigenvalue weighted by Gasteiger charge is 2.37. The molecule has 0 spiro atoms. The van der Waals surface area contributed by atoms with Crippen LogP contribution >= 0.6 is 11.3 Å². The van der Waals surface area contributed by atoms with Crippen LogP contribution in [0.3, 0.4) is 0 Å². The van der Waals surface area contributed by atoms with Crippen molar-refractivity contribution >= 4 is 11.3 Å². The van der Waals surface area contributed by atoms with Crippen LogP contribution < -0.4 is 5.73 Å². The molecule has 1 fully saturated rings. The van der Waals surface area contributed by atoms with E-state index in [0.29, 0.717) is 22.1 Å². The quantitative estimate of drug-likeness (QED) is 0.894. The van der Waals surface area contributed by atoms with Crippen LogP contribution in [0.2, 0.25) is 0 Å². The summed E-state index contributed by atoms with van der Waals surface area (Å²) in [5.41, 5.74) is 5.94. The third-order valence-corrected chi connectivity index (χ3v) is 4.17. The van der Waals surface area contributed by atoms with Crippen molar-refractivity contribution in [1.29, 1.82) is 0 Å². The Bertz CT molecular complexity index is 370. The second kappa shape index (κ2) is 4.00. The predicted octanol–water partition coefficient (Wildman–Crippen LogP) is 3.21. The Hall–Kier alpha value is -0.620. The van der Waals surface area contributed by atoms with Crippen molar-refractivity contribution in [2.24, 2.45) is 17.6 Å². The summed E-state index contributed by atoms with van der Waals surface area (Å²) in [6, 6.07) is -0.318. The molecule has 6 heteroatoms. The Morgan fingerprint density at radius 1 is 1.50 bits per heavy atom. The lowest BCUT2D eigenvalue weighted by Gasteiger charge is -2.17. The first-order valence-electron chi connectivity index (χ1n) is 5.18. The SMILES string of the molecule is CC(C1CC1)C(N)c1cnc(C(F)(F)F)s1. The highest BCUT2D eigenvalue weighted by Crippen LogP contribution is 2.43. The molecule has 1 aromatic rings. The molecule has 0 aliphatic heterocycles. The van der Waals surface area contributed by atoms with Crippen LogP contribution in [-0.4, -0.2) is 4.98 Å². The standard InChI is InChI=1S/C10H13F3N2S/c1-5(6-2-3-6)8(14)7-4-15-9(16-7)10(11,12)13/h4-6,8H,2-3,14H2,1H3. The summed E-state index contributed by atoms with van der Waals surface area (Å²) in [5, 5.41) is -0.805. The van der Waals surface area contributed by atoms with E-state index in [4.69, 9.17) is 5.73 Å². The van der Waals surface area contributed by atoms with E-state index in [2.05, 4.69) is 4.98 Å². The van der Waals surface area contributed by atoms with E-state index in [1.54, 1.807) is 0 Å². The lowest BCUT2D eigenvalue weighted by Crippen LogP contribution is -2.19. The normalized spacial score (nSPS) is 20.8. The van der Waals surface area contributed by atoms with Gasteiger partial charge in [-0.2, -0.15) is 13.2 Å². The minimum absolute atomic E-state index is 0.238. The third kappa shape index (κ3) is 2.38. The van der Waals surface area contributed by atoms with E-state index in [0.717, 1.165) is 12.8 Å². The first kappa shape index (κ1) is 11.9. The third-order valence-electron chi connectivity index (χ3n) is 3.03. The summed E-state index contributed by atoms with van der Waals surface area (Å²) >= 11 is 0.660. The zero-order valence-corrected chi connectivity index (χ0v) is 9.61. The molecule has 2 atom stereocenters. The smallest absolute Gasteiger partial charge is 0.323 e. The molecule has 0 aromatic carbocycles. The van der Waals surface area contributed by atoms with E-state index < -0.39 is 11.2 Å². The molecule has 90 valence electrons. The van der Waals surface area contributed by atoms with Crippen LogP contribution in [0.4, 0.5) is 13.2 Å². The van der Waals surface area contributed by atoms with E-state index in [1.165, 1.54) is 6.20 Å². The minimum Gasteiger partial charge on any atom is -0.323 e. The van der Waals surface area contributed by atoms with Gasteiger partial charge >= 0.3 is 6.18 Å². The van der Waals surface area contributed by atoms with Gasteiger partial charge in [-0.1, -0.05) is 6.92 Å². The second-order valence-corrected chi connectivity index (χ2v) is 5.35. The molecule has 1 aromatic heterocycles. The summed E-state index contributed by atoms with van der Waals surface area (Å²) in [6.45, 7) is 2.00. The Labute approximate surface area is 95.7 Å². The van der Waals surface area contributed by atoms with Crippen molar-refractivity contribution in [3.8, 4) is 0 Å². The summed E-state index contributed by atoms with van der Waals surface area (Å²) in [7, 11) is 0. The van der Waals surface area contributed by atoms with Gasteiger partial charge in [0, 0.05) is 17.1 Å². The van der Waals surface area contributed by atoms with Crippen molar-refractivity contribution in [2.75, 3.05) is 0 Å². The number of halogens is 3. The summed E-state index contributed by atoms with van der Waals surface area (Å²) in [6.07, 6.45) is -0.817. The molecule has 0 radical (unpaired) electrons. The zero-order valence-electron chi connectivity index (χ0n) is 8.79. The maximum Gasteiger partial charge on any atom is 0.443 e. The van der Waals surface area contributed by atoms with Gasteiger partial charge in [0.2, 0.25) is 0 Å². The Balaban J connectivity index is 2.11. The average molecular weight is 250 g/mol. The van der Waals surface area contributed by atoms with Crippen molar-refractivity contribution in [3.63, 3.8) is 0 Å². The number of hydrogen-bond donors (Lipinski definition) is 1. The first-order chi connectivity index (χ1) is 7.39. The van der Waals surface area contributed by atoms with Crippen LogP contribution in [0, 0.1) is 11.8 Å². The fraction of sp³-hybridized carbons (Fsp3) is 0.700. The number of alkyl halides is 3. The van der Waals surface area contributed by atoms with Gasteiger partial charge in [0.15, 0.2) is 5.01 Å². The van der Waals surface area contributed by atoms with Gasteiger partial charge in [-0.25, -0.2) is 4.98 Å². The summed E-state index contributed by atoms with van der Waals surface area (Å²) in [4.78, 5) is 3.92. The summed E-state index contributed by atoms with van der Waals surface area (Å²) in [5.74, 6) is 0.813. The van der Waals surface area contributed by atoms with Crippen molar-refractivity contribution in [3.05, 3.63) is 16.1 Å². The van der Waals surface area contributed by atoms with Gasteiger partial charge in [-0.3, -0.25) is 0 Å². The fourth-order valence-corrected chi connectivity index (χ4v) is 2.65. The summed E-state index contributed by atoms with van der Waals surface area (Å²) < 4.78 is 37.0. The van der Waals surface area contributed by atoms with E-state index in [9.17, 15) is 13.2 Å².